The highest BCUT2D eigenvalue weighted by molar-refractivity contribution is 6.30. The van der Waals surface area contributed by atoms with Crippen molar-refractivity contribution in [3.63, 3.8) is 0 Å². The third-order valence-corrected chi connectivity index (χ3v) is 3.67. The van der Waals surface area contributed by atoms with Gasteiger partial charge in [0.05, 0.1) is 11.3 Å². The van der Waals surface area contributed by atoms with Crippen LogP contribution >= 0.6 is 11.6 Å². The number of halogens is 1. The molecule has 5 heteroatoms. The Bertz CT molecular complexity index is 712. The van der Waals surface area contributed by atoms with Gasteiger partial charge in [0.1, 0.15) is 0 Å². The molecule has 0 fully saturated rings. The normalized spacial score (nSPS) is 10.5. The number of aryl methyl sites for hydroxylation is 1. The summed E-state index contributed by atoms with van der Waals surface area (Å²) in [5.74, 6) is -0.326. The van der Waals surface area contributed by atoms with Gasteiger partial charge >= 0.3 is 0 Å². The zero-order chi connectivity index (χ0) is 17.5. The summed E-state index contributed by atoms with van der Waals surface area (Å²) < 4.78 is 0. The molecule has 0 radical (unpaired) electrons. The first-order chi connectivity index (χ1) is 11.5. The lowest BCUT2D eigenvalue weighted by Gasteiger charge is -2.13. The zero-order valence-electron chi connectivity index (χ0n) is 13.8. The van der Waals surface area contributed by atoms with Crippen LogP contribution in [0.25, 0.3) is 0 Å². The fourth-order valence-corrected chi connectivity index (χ4v) is 2.38. The first kappa shape index (κ1) is 18.0. The lowest BCUT2D eigenvalue weighted by Crippen LogP contribution is -2.31. The van der Waals surface area contributed by atoms with Gasteiger partial charge in [-0.2, -0.15) is 0 Å². The summed E-state index contributed by atoms with van der Waals surface area (Å²) in [5, 5.41) is 6.33. The summed E-state index contributed by atoms with van der Waals surface area (Å²) in [5.41, 5.74) is 2.03. The van der Waals surface area contributed by atoms with Crippen LogP contribution in [0.4, 0.5) is 5.69 Å². The molecule has 2 aromatic carbocycles. The van der Waals surface area contributed by atoms with Gasteiger partial charge in [-0.3, -0.25) is 9.59 Å². The lowest BCUT2D eigenvalue weighted by atomic mass is 10.1. The third kappa shape index (κ3) is 5.39. The predicted octanol–water partition coefficient (Wildman–Crippen LogP) is 4.05. The van der Waals surface area contributed by atoms with E-state index in [9.17, 15) is 9.59 Å². The van der Waals surface area contributed by atoms with Crippen molar-refractivity contribution in [2.75, 3.05) is 5.32 Å². The van der Waals surface area contributed by atoms with E-state index in [4.69, 9.17) is 11.6 Å². The summed E-state index contributed by atoms with van der Waals surface area (Å²) >= 11 is 5.85. The van der Waals surface area contributed by atoms with Gasteiger partial charge in [-0.15, -0.1) is 0 Å². The Kier molecular flexibility index (Phi) is 6.38. The average Bonchev–Trinajstić information content (AvgIpc) is 2.54. The summed E-state index contributed by atoms with van der Waals surface area (Å²) in [7, 11) is 0. The number of amides is 2. The highest BCUT2D eigenvalue weighted by Gasteiger charge is 2.13. The number of hydrogen-bond acceptors (Lipinski definition) is 2. The van der Waals surface area contributed by atoms with Gasteiger partial charge in [0.25, 0.3) is 5.91 Å². The van der Waals surface area contributed by atoms with E-state index >= 15 is 0 Å². The van der Waals surface area contributed by atoms with Gasteiger partial charge in [-0.25, -0.2) is 0 Å². The number of benzene rings is 2. The van der Waals surface area contributed by atoms with E-state index in [0.29, 0.717) is 29.1 Å². The van der Waals surface area contributed by atoms with Crippen LogP contribution in [-0.2, 0) is 11.2 Å². The van der Waals surface area contributed by atoms with Crippen molar-refractivity contribution in [3.05, 3.63) is 64.7 Å². The first-order valence-corrected chi connectivity index (χ1v) is 8.27. The number of carbonyl (C=O) groups excluding carboxylic acids is 2. The van der Waals surface area contributed by atoms with Gasteiger partial charge in [0, 0.05) is 17.5 Å². The van der Waals surface area contributed by atoms with Crippen LogP contribution < -0.4 is 10.6 Å². The Labute approximate surface area is 147 Å². The van der Waals surface area contributed by atoms with Crippen LogP contribution in [0.1, 0.15) is 36.2 Å². The molecule has 0 atom stereocenters. The first-order valence-electron chi connectivity index (χ1n) is 7.90. The maximum Gasteiger partial charge on any atom is 0.253 e. The monoisotopic (exact) mass is 344 g/mol. The van der Waals surface area contributed by atoms with Crippen molar-refractivity contribution < 1.29 is 9.59 Å². The zero-order valence-corrected chi connectivity index (χ0v) is 14.6. The molecule has 0 unspecified atom stereocenters. The molecular weight excluding hydrogens is 324 g/mol. The maximum atomic E-state index is 12.2. The van der Waals surface area contributed by atoms with E-state index in [0.717, 1.165) is 5.56 Å². The van der Waals surface area contributed by atoms with Crippen LogP contribution in [-0.4, -0.2) is 17.9 Å². The summed E-state index contributed by atoms with van der Waals surface area (Å²) in [4.78, 5) is 24.4. The van der Waals surface area contributed by atoms with E-state index < -0.39 is 0 Å². The van der Waals surface area contributed by atoms with E-state index in [1.54, 1.807) is 36.4 Å². The molecule has 2 aromatic rings. The minimum Gasteiger partial charge on any atom is -0.350 e. The molecule has 2 N–H and O–H groups in total. The SMILES string of the molecule is CC(C)NC(=O)c1ccccc1NC(=O)CCc1ccc(Cl)cc1. The number of para-hydroxylation sites is 1. The number of carbonyl (C=O) groups is 2. The number of nitrogens with one attached hydrogen (secondary N) is 2. The molecule has 0 aliphatic carbocycles. The molecule has 2 amide bonds. The minimum atomic E-state index is -0.196. The largest absolute Gasteiger partial charge is 0.350 e. The second-order valence-corrected chi connectivity index (χ2v) is 6.28. The molecule has 0 saturated carbocycles. The minimum absolute atomic E-state index is 0.0335. The van der Waals surface area contributed by atoms with Gasteiger partial charge in [0.2, 0.25) is 5.91 Å². The second-order valence-electron chi connectivity index (χ2n) is 5.85. The smallest absolute Gasteiger partial charge is 0.253 e. The van der Waals surface area contributed by atoms with Crippen molar-refractivity contribution in [3.8, 4) is 0 Å². The fraction of sp³-hybridized carbons (Fsp3) is 0.263. The summed E-state index contributed by atoms with van der Waals surface area (Å²) in [6, 6.07) is 14.5. The van der Waals surface area contributed by atoms with E-state index in [-0.39, 0.29) is 17.9 Å². The molecule has 2 rings (SSSR count). The standard InChI is InChI=1S/C19H21ClN2O2/c1-13(2)21-19(24)16-5-3-4-6-17(16)22-18(23)12-9-14-7-10-15(20)11-8-14/h3-8,10-11,13H,9,12H2,1-2H3,(H,21,24)(H,22,23). The van der Waals surface area contributed by atoms with Crippen molar-refractivity contribution >= 4 is 29.1 Å². The Morgan fingerprint density at radius 3 is 2.38 bits per heavy atom. The second kappa shape index (κ2) is 8.50. The van der Waals surface area contributed by atoms with Gasteiger partial charge < -0.3 is 10.6 Å². The highest BCUT2D eigenvalue weighted by atomic mass is 35.5. The Morgan fingerprint density at radius 1 is 1.04 bits per heavy atom. The Balaban J connectivity index is 1.98. The molecule has 126 valence electrons. The van der Waals surface area contributed by atoms with Gasteiger partial charge in [0.15, 0.2) is 0 Å². The van der Waals surface area contributed by atoms with E-state index in [1.807, 2.05) is 26.0 Å². The van der Waals surface area contributed by atoms with Crippen molar-refractivity contribution in [1.82, 2.24) is 5.32 Å². The molecule has 0 saturated heterocycles. The van der Waals surface area contributed by atoms with Crippen molar-refractivity contribution in [2.45, 2.75) is 32.7 Å². The van der Waals surface area contributed by atoms with Crippen molar-refractivity contribution in [2.24, 2.45) is 0 Å². The molecular formula is C19H21ClN2O2. The van der Waals surface area contributed by atoms with Crippen LogP contribution in [0.15, 0.2) is 48.5 Å². The van der Waals surface area contributed by atoms with Crippen LogP contribution in [0.2, 0.25) is 5.02 Å². The highest BCUT2D eigenvalue weighted by Crippen LogP contribution is 2.16. The summed E-state index contributed by atoms with van der Waals surface area (Å²) in [6.07, 6.45) is 0.950. The molecule has 0 heterocycles. The molecule has 4 nitrogen and oxygen atoms in total. The van der Waals surface area contributed by atoms with Crippen molar-refractivity contribution in [1.29, 1.82) is 0 Å². The quantitative estimate of drug-likeness (QED) is 0.830. The van der Waals surface area contributed by atoms with Crippen LogP contribution in [0.3, 0.4) is 0 Å². The average molecular weight is 345 g/mol. The lowest BCUT2D eigenvalue weighted by molar-refractivity contribution is -0.116. The maximum absolute atomic E-state index is 12.2. The fourth-order valence-electron chi connectivity index (χ4n) is 2.25. The third-order valence-electron chi connectivity index (χ3n) is 3.42. The number of rotatable bonds is 6. The number of hydrogen-bond donors (Lipinski definition) is 2. The predicted molar refractivity (Wildman–Crippen MR) is 97.4 cm³/mol. The van der Waals surface area contributed by atoms with Crippen LogP contribution in [0, 0.1) is 0 Å². The molecule has 0 bridgehead atoms. The molecule has 24 heavy (non-hydrogen) atoms. The Hall–Kier alpha value is -2.33. The molecule has 0 aromatic heterocycles. The van der Waals surface area contributed by atoms with E-state index in [1.165, 1.54) is 0 Å². The molecule has 0 spiro atoms. The molecule has 0 aliphatic heterocycles. The van der Waals surface area contributed by atoms with Gasteiger partial charge in [-0.05, 0) is 50.1 Å². The Morgan fingerprint density at radius 2 is 1.71 bits per heavy atom. The number of anilines is 1. The van der Waals surface area contributed by atoms with E-state index in [2.05, 4.69) is 10.6 Å². The topological polar surface area (TPSA) is 58.2 Å². The summed E-state index contributed by atoms with van der Waals surface area (Å²) in [6.45, 7) is 3.79. The molecule has 0 aliphatic rings. The van der Waals surface area contributed by atoms with Gasteiger partial charge in [-0.1, -0.05) is 35.9 Å². The van der Waals surface area contributed by atoms with Crippen LogP contribution in [0.5, 0.6) is 0 Å².